The van der Waals surface area contributed by atoms with Crippen molar-refractivity contribution in [3.05, 3.63) is 59.4 Å². The third-order valence-electron chi connectivity index (χ3n) is 3.00. The molecule has 4 heteroatoms. The van der Waals surface area contributed by atoms with Gasteiger partial charge in [0.05, 0.1) is 0 Å². The van der Waals surface area contributed by atoms with E-state index in [4.69, 9.17) is 0 Å². The molecule has 2 aromatic rings. The summed E-state index contributed by atoms with van der Waals surface area (Å²) >= 11 is 0. The van der Waals surface area contributed by atoms with Gasteiger partial charge in [-0.15, -0.1) is 0 Å². The number of aromatic nitrogens is 1. The molecule has 0 bridgehead atoms. The molecule has 0 radical (unpaired) electrons. The molecule has 1 amide bonds. The molecule has 0 unspecified atom stereocenters. The number of nitrogens with zero attached hydrogens (tertiary/aromatic N) is 1. The highest BCUT2D eigenvalue weighted by Gasteiger charge is 2.03. The van der Waals surface area contributed by atoms with E-state index in [1.165, 1.54) is 0 Å². The number of hydrogen-bond acceptors (Lipinski definition) is 2. The van der Waals surface area contributed by atoms with Crippen LogP contribution in [0.2, 0.25) is 0 Å². The van der Waals surface area contributed by atoms with Crippen molar-refractivity contribution in [2.75, 3.05) is 12.0 Å². The standard InChI is InChI=1S/C15H19N3O/c1-12-8-9-13(2)18(12)17-11-15(19)16-10-14-6-4-3-5-7-14/h3-9,17H,10-11H2,1-2H3,(H,16,19). The Morgan fingerprint density at radius 2 is 1.68 bits per heavy atom. The van der Waals surface area contributed by atoms with E-state index in [2.05, 4.69) is 10.7 Å². The first-order valence-electron chi connectivity index (χ1n) is 6.36. The maximum atomic E-state index is 11.7. The summed E-state index contributed by atoms with van der Waals surface area (Å²) in [5.41, 5.74) is 6.39. The van der Waals surface area contributed by atoms with Crippen molar-refractivity contribution < 1.29 is 4.79 Å². The van der Waals surface area contributed by atoms with Crippen LogP contribution < -0.4 is 10.7 Å². The van der Waals surface area contributed by atoms with Crippen LogP contribution in [-0.2, 0) is 11.3 Å². The zero-order valence-electron chi connectivity index (χ0n) is 11.3. The fourth-order valence-electron chi connectivity index (χ4n) is 1.93. The summed E-state index contributed by atoms with van der Waals surface area (Å²) < 4.78 is 1.92. The summed E-state index contributed by atoms with van der Waals surface area (Å²) in [4.78, 5) is 11.7. The second-order valence-corrected chi connectivity index (χ2v) is 4.55. The summed E-state index contributed by atoms with van der Waals surface area (Å²) in [6.45, 7) is 4.83. The summed E-state index contributed by atoms with van der Waals surface area (Å²) in [5, 5.41) is 2.89. The van der Waals surface area contributed by atoms with Gasteiger partial charge in [-0.1, -0.05) is 30.3 Å². The number of amides is 1. The van der Waals surface area contributed by atoms with E-state index < -0.39 is 0 Å². The predicted octanol–water partition coefficient (Wildman–Crippen LogP) is 1.96. The molecule has 0 saturated carbocycles. The lowest BCUT2D eigenvalue weighted by molar-refractivity contribution is -0.119. The normalized spacial score (nSPS) is 10.2. The van der Waals surface area contributed by atoms with Gasteiger partial charge in [-0.05, 0) is 31.5 Å². The van der Waals surface area contributed by atoms with Crippen LogP contribution >= 0.6 is 0 Å². The molecule has 0 atom stereocenters. The first-order chi connectivity index (χ1) is 9.16. The Morgan fingerprint density at radius 1 is 1.05 bits per heavy atom. The van der Waals surface area contributed by atoms with Gasteiger partial charge < -0.3 is 10.7 Å². The number of rotatable bonds is 5. The molecule has 0 saturated heterocycles. The average Bonchev–Trinajstić information content (AvgIpc) is 2.75. The first-order valence-corrected chi connectivity index (χ1v) is 6.36. The lowest BCUT2D eigenvalue weighted by Gasteiger charge is -2.12. The van der Waals surface area contributed by atoms with Crippen molar-refractivity contribution in [1.82, 2.24) is 9.99 Å². The van der Waals surface area contributed by atoms with Crippen LogP contribution in [0.25, 0.3) is 0 Å². The van der Waals surface area contributed by atoms with Gasteiger partial charge >= 0.3 is 0 Å². The fraction of sp³-hybridized carbons (Fsp3) is 0.267. The molecular formula is C15H19N3O. The number of aryl methyl sites for hydroxylation is 2. The molecule has 1 aromatic heterocycles. The van der Waals surface area contributed by atoms with E-state index in [0.29, 0.717) is 6.54 Å². The Morgan fingerprint density at radius 3 is 2.32 bits per heavy atom. The summed E-state index contributed by atoms with van der Waals surface area (Å²) in [7, 11) is 0. The van der Waals surface area contributed by atoms with Crippen molar-refractivity contribution >= 4 is 5.91 Å². The van der Waals surface area contributed by atoms with Gasteiger partial charge in [0.2, 0.25) is 5.91 Å². The molecule has 4 nitrogen and oxygen atoms in total. The molecule has 0 aliphatic rings. The van der Waals surface area contributed by atoms with Crippen LogP contribution in [0.5, 0.6) is 0 Å². The van der Waals surface area contributed by atoms with Crippen LogP contribution in [0.15, 0.2) is 42.5 Å². The number of carbonyl (C=O) groups excluding carboxylic acids is 1. The van der Waals surface area contributed by atoms with E-state index in [9.17, 15) is 4.79 Å². The molecule has 0 spiro atoms. The van der Waals surface area contributed by atoms with E-state index in [0.717, 1.165) is 17.0 Å². The minimum absolute atomic E-state index is 0.0173. The molecule has 19 heavy (non-hydrogen) atoms. The lowest BCUT2D eigenvalue weighted by atomic mass is 10.2. The number of nitrogens with one attached hydrogen (secondary N) is 2. The van der Waals surface area contributed by atoms with Gasteiger partial charge in [0.1, 0.15) is 6.54 Å². The SMILES string of the molecule is Cc1ccc(C)n1NCC(=O)NCc1ccccc1. The second-order valence-electron chi connectivity index (χ2n) is 4.55. The van der Waals surface area contributed by atoms with Crippen LogP contribution in [0.3, 0.4) is 0 Å². The van der Waals surface area contributed by atoms with Crippen LogP contribution in [0, 0.1) is 13.8 Å². The van der Waals surface area contributed by atoms with Crippen molar-refractivity contribution in [2.45, 2.75) is 20.4 Å². The molecule has 1 heterocycles. The average molecular weight is 257 g/mol. The van der Waals surface area contributed by atoms with Gasteiger partial charge in [0.15, 0.2) is 0 Å². The Kier molecular flexibility index (Phi) is 4.23. The van der Waals surface area contributed by atoms with Crippen molar-refractivity contribution in [3.8, 4) is 0 Å². The van der Waals surface area contributed by atoms with Crippen LogP contribution in [0.1, 0.15) is 17.0 Å². The molecule has 2 rings (SSSR count). The van der Waals surface area contributed by atoms with Gasteiger partial charge in [-0.3, -0.25) is 9.47 Å². The van der Waals surface area contributed by atoms with Crippen molar-refractivity contribution in [3.63, 3.8) is 0 Å². The molecule has 0 aliphatic heterocycles. The zero-order chi connectivity index (χ0) is 13.7. The quantitative estimate of drug-likeness (QED) is 0.860. The number of carbonyl (C=O) groups is 1. The highest BCUT2D eigenvalue weighted by atomic mass is 16.2. The predicted molar refractivity (Wildman–Crippen MR) is 76.4 cm³/mol. The summed E-state index contributed by atoms with van der Waals surface area (Å²) in [5.74, 6) is -0.0173. The molecular weight excluding hydrogens is 238 g/mol. The number of benzene rings is 1. The van der Waals surface area contributed by atoms with Gasteiger partial charge in [0.25, 0.3) is 0 Å². The molecule has 2 N–H and O–H groups in total. The monoisotopic (exact) mass is 257 g/mol. The van der Waals surface area contributed by atoms with E-state index in [1.807, 2.05) is 61.0 Å². The van der Waals surface area contributed by atoms with Gasteiger partial charge in [-0.2, -0.15) is 0 Å². The minimum Gasteiger partial charge on any atom is -0.350 e. The zero-order valence-corrected chi connectivity index (χ0v) is 11.3. The topological polar surface area (TPSA) is 46.1 Å². The Hall–Kier alpha value is -2.23. The Labute approximate surface area is 113 Å². The molecule has 100 valence electrons. The van der Waals surface area contributed by atoms with Crippen LogP contribution in [-0.4, -0.2) is 17.1 Å². The van der Waals surface area contributed by atoms with Crippen molar-refractivity contribution in [2.24, 2.45) is 0 Å². The third kappa shape index (κ3) is 3.61. The molecule has 0 aliphatic carbocycles. The van der Waals surface area contributed by atoms with E-state index in [1.54, 1.807) is 0 Å². The fourth-order valence-corrected chi connectivity index (χ4v) is 1.93. The van der Waals surface area contributed by atoms with Crippen molar-refractivity contribution in [1.29, 1.82) is 0 Å². The van der Waals surface area contributed by atoms with Gasteiger partial charge in [-0.25, -0.2) is 0 Å². The number of hydrogen-bond donors (Lipinski definition) is 2. The summed E-state index contributed by atoms with van der Waals surface area (Å²) in [6.07, 6.45) is 0. The maximum absolute atomic E-state index is 11.7. The third-order valence-corrected chi connectivity index (χ3v) is 3.00. The van der Waals surface area contributed by atoms with E-state index >= 15 is 0 Å². The van der Waals surface area contributed by atoms with Crippen LogP contribution in [0.4, 0.5) is 0 Å². The molecule has 0 fully saturated rings. The lowest BCUT2D eigenvalue weighted by Crippen LogP contribution is -2.33. The largest absolute Gasteiger partial charge is 0.350 e. The minimum atomic E-state index is -0.0173. The molecule has 1 aromatic carbocycles. The second kappa shape index (κ2) is 6.09. The van der Waals surface area contributed by atoms with E-state index in [-0.39, 0.29) is 12.5 Å². The smallest absolute Gasteiger partial charge is 0.241 e. The highest BCUT2D eigenvalue weighted by Crippen LogP contribution is 2.03. The Bertz CT molecular complexity index is 526. The maximum Gasteiger partial charge on any atom is 0.241 e. The highest BCUT2D eigenvalue weighted by molar-refractivity contribution is 5.79. The Balaban J connectivity index is 1.79. The van der Waals surface area contributed by atoms with Gasteiger partial charge in [0, 0.05) is 17.9 Å². The first kappa shape index (κ1) is 13.2. The summed E-state index contributed by atoms with van der Waals surface area (Å²) in [6, 6.07) is 13.9.